The SMILES string of the molecule is Cc1ncc([N+](=O)[O-])n1CCN1C=CN(CC(N)=O)C1[N+](=O)[O-]. The minimum Gasteiger partial charge on any atom is -0.368 e. The van der Waals surface area contributed by atoms with Crippen molar-refractivity contribution >= 4 is 11.7 Å². The molecule has 0 radical (unpaired) electrons. The molecule has 0 saturated heterocycles. The van der Waals surface area contributed by atoms with Crippen molar-refractivity contribution in [3.8, 4) is 0 Å². The Labute approximate surface area is 130 Å². The summed E-state index contributed by atoms with van der Waals surface area (Å²) in [5.41, 5.74) is 5.06. The minimum atomic E-state index is -1.27. The number of aromatic nitrogens is 2. The number of carbonyl (C=O) groups excluding carboxylic acids is 1. The van der Waals surface area contributed by atoms with Crippen LogP contribution >= 0.6 is 0 Å². The summed E-state index contributed by atoms with van der Waals surface area (Å²) >= 11 is 0. The molecule has 124 valence electrons. The van der Waals surface area contributed by atoms with Crippen LogP contribution in [0.15, 0.2) is 18.6 Å². The first kappa shape index (κ1) is 16.2. The Morgan fingerprint density at radius 1 is 1.30 bits per heavy atom. The highest BCUT2D eigenvalue weighted by atomic mass is 16.6. The van der Waals surface area contributed by atoms with Gasteiger partial charge in [0.2, 0.25) is 5.91 Å². The summed E-state index contributed by atoms with van der Waals surface area (Å²) in [5.74, 6) is -0.437. The summed E-state index contributed by atoms with van der Waals surface area (Å²) in [6.45, 7) is 1.59. The van der Waals surface area contributed by atoms with Gasteiger partial charge in [-0.05, 0) is 4.92 Å². The summed E-state index contributed by atoms with van der Waals surface area (Å²) in [5, 5.41) is 22.1. The molecule has 2 heterocycles. The zero-order chi connectivity index (χ0) is 17.1. The van der Waals surface area contributed by atoms with Gasteiger partial charge in [-0.2, -0.15) is 0 Å². The van der Waals surface area contributed by atoms with Crippen LogP contribution in [0.25, 0.3) is 0 Å². The van der Waals surface area contributed by atoms with Crippen LogP contribution in [0.4, 0.5) is 5.82 Å². The number of primary amides is 1. The smallest absolute Gasteiger partial charge is 0.368 e. The number of imidazole rings is 1. The van der Waals surface area contributed by atoms with Crippen molar-refractivity contribution < 1.29 is 14.6 Å². The lowest BCUT2D eigenvalue weighted by molar-refractivity contribution is -0.569. The molecule has 1 unspecified atom stereocenters. The Morgan fingerprint density at radius 3 is 2.52 bits per heavy atom. The van der Waals surface area contributed by atoms with E-state index in [1.165, 1.54) is 26.8 Å². The molecule has 2 rings (SSSR count). The molecule has 2 N–H and O–H groups in total. The highest BCUT2D eigenvalue weighted by Crippen LogP contribution is 2.18. The molecule has 23 heavy (non-hydrogen) atoms. The van der Waals surface area contributed by atoms with Crippen molar-refractivity contribution in [2.24, 2.45) is 5.73 Å². The Morgan fingerprint density at radius 2 is 1.96 bits per heavy atom. The molecule has 0 fully saturated rings. The monoisotopic (exact) mass is 325 g/mol. The van der Waals surface area contributed by atoms with Crippen LogP contribution in [-0.2, 0) is 11.3 Å². The Balaban J connectivity index is 2.10. The fourth-order valence-electron chi connectivity index (χ4n) is 2.36. The molecule has 1 aliphatic rings. The summed E-state index contributed by atoms with van der Waals surface area (Å²) in [6.07, 6.45) is 2.71. The largest absolute Gasteiger partial charge is 0.368 e. The third-order valence-electron chi connectivity index (χ3n) is 3.37. The van der Waals surface area contributed by atoms with E-state index in [1.807, 2.05) is 0 Å². The standard InChI is InChI=1S/C11H15N7O5/c1-8-13-6-10(17(20)21)16(8)5-4-14-2-3-15(7-9(12)19)11(14)18(22)23/h2-3,6,11H,4-5,7H2,1H3,(H2,12,19). The Hall–Kier alpha value is -3.18. The molecule has 1 aromatic rings. The lowest BCUT2D eigenvalue weighted by atomic mass is 10.5. The number of nitrogens with zero attached hydrogens (tertiary/aromatic N) is 6. The van der Waals surface area contributed by atoms with E-state index in [9.17, 15) is 25.0 Å². The average molecular weight is 325 g/mol. The van der Waals surface area contributed by atoms with E-state index in [1.54, 1.807) is 6.92 Å². The van der Waals surface area contributed by atoms with Crippen molar-refractivity contribution in [2.75, 3.05) is 13.1 Å². The second-order valence-corrected chi connectivity index (χ2v) is 4.88. The van der Waals surface area contributed by atoms with Gasteiger partial charge in [0.25, 0.3) is 0 Å². The topological polar surface area (TPSA) is 154 Å². The number of nitrogens with two attached hydrogens (primary N) is 1. The fraction of sp³-hybridized carbons (Fsp3) is 0.455. The maximum atomic E-state index is 11.2. The average Bonchev–Trinajstić information content (AvgIpc) is 2.99. The maximum absolute atomic E-state index is 11.2. The van der Waals surface area contributed by atoms with E-state index in [0.717, 1.165) is 6.20 Å². The van der Waals surface area contributed by atoms with Gasteiger partial charge in [0.15, 0.2) is 5.82 Å². The van der Waals surface area contributed by atoms with Gasteiger partial charge in [0, 0.05) is 19.3 Å². The predicted octanol–water partition coefficient (Wildman–Crippen LogP) is -0.766. The fourth-order valence-corrected chi connectivity index (χ4v) is 2.36. The number of nitro groups is 2. The normalized spacial score (nSPS) is 16.8. The zero-order valence-electron chi connectivity index (χ0n) is 12.2. The van der Waals surface area contributed by atoms with E-state index >= 15 is 0 Å². The maximum Gasteiger partial charge on any atom is 0.368 e. The van der Waals surface area contributed by atoms with Crippen LogP contribution in [0, 0.1) is 27.2 Å². The van der Waals surface area contributed by atoms with Crippen LogP contribution < -0.4 is 5.73 Å². The molecule has 12 heteroatoms. The number of amides is 1. The van der Waals surface area contributed by atoms with E-state index in [4.69, 9.17) is 5.73 Å². The van der Waals surface area contributed by atoms with E-state index in [-0.39, 0.29) is 25.5 Å². The Kier molecular flexibility index (Phi) is 4.43. The van der Waals surface area contributed by atoms with E-state index < -0.39 is 22.0 Å². The first-order valence-corrected chi connectivity index (χ1v) is 6.59. The lowest BCUT2D eigenvalue weighted by Crippen LogP contribution is -2.48. The highest BCUT2D eigenvalue weighted by molar-refractivity contribution is 5.76. The van der Waals surface area contributed by atoms with Gasteiger partial charge in [-0.25, -0.2) is 9.55 Å². The predicted molar refractivity (Wildman–Crippen MR) is 76.1 cm³/mol. The van der Waals surface area contributed by atoms with E-state index in [0.29, 0.717) is 5.82 Å². The number of hydrogen-bond acceptors (Lipinski definition) is 8. The van der Waals surface area contributed by atoms with Gasteiger partial charge >= 0.3 is 12.1 Å². The lowest BCUT2D eigenvalue weighted by Gasteiger charge is -2.24. The van der Waals surface area contributed by atoms with Gasteiger partial charge in [-0.1, -0.05) is 0 Å². The zero-order valence-corrected chi connectivity index (χ0v) is 12.2. The van der Waals surface area contributed by atoms with Crippen molar-refractivity contribution in [1.29, 1.82) is 0 Å². The molecule has 0 aromatic carbocycles. The molecule has 1 amide bonds. The van der Waals surface area contributed by atoms with Gasteiger partial charge in [-0.15, -0.1) is 0 Å². The molecule has 1 aliphatic heterocycles. The molecule has 0 spiro atoms. The molecule has 0 bridgehead atoms. The summed E-state index contributed by atoms with van der Waals surface area (Å²) < 4.78 is 1.36. The van der Waals surface area contributed by atoms with Crippen LogP contribution in [0.5, 0.6) is 0 Å². The van der Waals surface area contributed by atoms with Gasteiger partial charge in [0.05, 0.1) is 11.5 Å². The third-order valence-corrected chi connectivity index (χ3v) is 3.37. The number of aryl methyl sites for hydroxylation is 1. The first-order valence-electron chi connectivity index (χ1n) is 6.59. The van der Waals surface area contributed by atoms with Crippen LogP contribution in [-0.4, -0.2) is 54.5 Å². The van der Waals surface area contributed by atoms with Gasteiger partial charge in [0.1, 0.15) is 19.3 Å². The van der Waals surface area contributed by atoms with Crippen molar-refractivity contribution in [2.45, 2.75) is 19.8 Å². The van der Waals surface area contributed by atoms with Crippen molar-refractivity contribution in [3.05, 3.63) is 44.6 Å². The molecule has 0 aliphatic carbocycles. The van der Waals surface area contributed by atoms with Crippen LogP contribution in [0.2, 0.25) is 0 Å². The molecule has 1 atom stereocenters. The highest BCUT2D eigenvalue weighted by Gasteiger charge is 2.37. The third kappa shape index (κ3) is 3.36. The van der Waals surface area contributed by atoms with E-state index in [2.05, 4.69) is 4.98 Å². The molecular formula is C11H15N7O5. The van der Waals surface area contributed by atoms with Gasteiger partial charge in [-0.3, -0.25) is 24.7 Å². The molecule has 0 saturated carbocycles. The summed E-state index contributed by atoms with van der Waals surface area (Å²) in [4.78, 5) is 38.4. The number of carbonyl (C=O) groups is 1. The summed E-state index contributed by atoms with van der Waals surface area (Å²) in [6, 6.07) is 0. The molecule has 12 nitrogen and oxygen atoms in total. The van der Waals surface area contributed by atoms with Crippen LogP contribution in [0.1, 0.15) is 5.82 Å². The minimum absolute atomic E-state index is 0.134. The Bertz CT molecular complexity index is 670. The molecule has 1 aromatic heterocycles. The second-order valence-electron chi connectivity index (χ2n) is 4.88. The van der Waals surface area contributed by atoms with Crippen LogP contribution in [0.3, 0.4) is 0 Å². The number of rotatable bonds is 7. The van der Waals surface area contributed by atoms with Crippen molar-refractivity contribution in [1.82, 2.24) is 19.4 Å². The summed E-state index contributed by atoms with van der Waals surface area (Å²) in [7, 11) is 0. The first-order chi connectivity index (χ1) is 10.8. The number of hydrogen-bond donors (Lipinski definition) is 1. The molecular weight excluding hydrogens is 310 g/mol. The van der Waals surface area contributed by atoms with Gasteiger partial charge < -0.3 is 15.8 Å². The second kappa shape index (κ2) is 6.29. The quantitative estimate of drug-likeness (QED) is 0.506. The van der Waals surface area contributed by atoms with Crippen molar-refractivity contribution in [3.63, 3.8) is 0 Å².